The molecule has 2 aromatic rings. The summed E-state index contributed by atoms with van der Waals surface area (Å²) < 4.78 is 25.1. The van der Waals surface area contributed by atoms with E-state index < -0.39 is 11.8 Å². The molecule has 0 unspecified atom stereocenters. The Morgan fingerprint density at radius 1 is 1.17 bits per heavy atom. The van der Waals surface area contributed by atoms with Gasteiger partial charge in [-0.1, -0.05) is 29.3 Å². The molecule has 0 bridgehead atoms. The van der Waals surface area contributed by atoms with Gasteiger partial charge >= 0.3 is 5.97 Å². The predicted octanol–water partition coefficient (Wildman–Crippen LogP) is 5.05. The fraction of sp³-hybridized carbons (Fsp3) is 0.273. The molecule has 0 spiro atoms. The van der Waals surface area contributed by atoms with Crippen molar-refractivity contribution in [2.45, 2.75) is 18.9 Å². The van der Waals surface area contributed by atoms with Crippen LogP contribution in [0.2, 0.25) is 10.0 Å². The van der Waals surface area contributed by atoms with Gasteiger partial charge in [0, 0.05) is 25.8 Å². The molecule has 5 nitrogen and oxygen atoms in total. The van der Waals surface area contributed by atoms with Crippen LogP contribution in [-0.2, 0) is 9.47 Å². The molecule has 1 amide bonds. The first kappa shape index (κ1) is 20.8. The SMILES string of the molecule is COC1CCN(C(=O)c2cc(/C=C3\OC(=O)c4cc(Cl)c(Cl)cc43)ccc2F)CC1. The molecule has 2 aromatic carbocycles. The quantitative estimate of drug-likeness (QED) is 0.615. The smallest absolute Gasteiger partial charge is 0.344 e. The highest BCUT2D eigenvalue weighted by atomic mass is 35.5. The Kier molecular flexibility index (Phi) is 5.82. The largest absolute Gasteiger partial charge is 0.422 e. The van der Waals surface area contributed by atoms with E-state index in [9.17, 15) is 14.0 Å². The van der Waals surface area contributed by atoms with Crippen LogP contribution in [0, 0.1) is 5.82 Å². The maximum atomic E-state index is 14.4. The molecule has 0 aliphatic carbocycles. The lowest BCUT2D eigenvalue weighted by atomic mass is 10.0. The summed E-state index contributed by atoms with van der Waals surface area (Å²) in [5.74, 6) is -1.26. The minimum absolute atomic E-state index is 0.0288. The number of ether oxygens (including phenoxy) is 2. The van der Waals surface area contributed by atoms with E-state index in [1.165, 1.54) is 24.3 Å². The molecule has 8 heteroatoms. The number of carbonyl (C=O) groups excluding carboxylic acids is 2. The standard InChI is InChI=1S/C22H18Cl2FNO4/c1-29-13-4-6-26(7-5-13)21(27)16-8-12(2-3-19(16)25)9-20-14-10-17(23)18(24)11-15(14)22(28)30-20/h2-3,8-11,13H,4-7H2,1H3/b20-9-. The number of methoxy groups -OCH3 is 1. The van der Waals surface area contributed by atoms with Crippen LogP contribution in [0.4, 0.5) is 4.39 Å². The van der Waals surface area contributed by atoms with Crippen molar-refractivity contribution in [1.29, 1.82) is 0 Å². The molecule has 0 N–H and O–H groups in total. The normalized spacial score (nSPS) is 17.9. The van der Waals surface area contributed by atoms with E-state index in [2.05, 4.69) is 0 Å². The Bertz CT molecular complexity index is 1060. The Balaban J connectivity index is 1.63. The van der Waals surface area contributed by atoms with Gasteiger partial charge in [0.1, 0.15) is 11.6 Å². The highest BCUT2D eigenvalue weighted by Crippen LogP contribution is 2.36. The fourth-order valence-corrected chi connectivity index (χ4v) is 3.98. The molecule has 1 saturated heterocycles. The molecule has 30 heavy (non-hydrogen) atoms. The van der Waals surface area contributed by atoms with Gasteiger partial charge < -0.3 is 14.4 Å². The van der Waals surface area contributed by atoms with Crippen molar-refractivity contribution in [3.05, 3.63) is 68.4 Å². The zero-order chi connectivity index (χ0) is 21.4. The molecular formula is C22H18Cl2FNO4. The van der Waals surface area contributed by atoms with Gasteiger partial charge in [-0.25, -0.2) is 9.18 Å². The second-order valence-electron chi connectivity index (χ2n) is 7.18. The highest BCUT2D eigenvalue weighted by molar-refractivity contribution is 6.42. The number of fused-ring (bicyclic) bond motifs is 1. The van der Waals surface area contributed by atoms with Crippen molar-refractivity contribution in [3.8, 4) is 0 Å². The Morgan fingerprint density at radius 3 is 2.50 bits per heavy atom. The number of cyclic esters (lactones) is 1. The summed E-state index contributed by atoms with van der Waals surface area (Å²) in [7, 11) is 1.65. The number of amides is 1. The van der Waals surface area contributed by atoms with Gasteiger partial charge in [0.25, 0.3) is 5.91 Å². The number of nitrogens with zero attached hydrogens (tertiary/aromatic N) is 1. The van der Waals surface area contributed by atoms with E-state index in [-0.39, 0.29) is 33.4 Å². The predicted molar refractivity (Wildman–Crippen MR) is 112 cm³/mol. The van der Waals surface area contributed by atoms with Gasteiger partial charge in [-0.15, -0.1) is 0 Å². The molecule has 4 rings (SSSR count). The number of rotatable bonds is 3. The second kappa shape index (κ2) is 8.38. The summed E-state index contributed by atoms with van der Waals surface area (Å²) in [6.45, 7) is 1.01. The van der Waals surface area contributed by atoms with Crippen molar-refractivity contribution in [2.75, 3.05) is 20.2 Å². The number of benzene rings is 2. The number of likely N-dealkylation sites (tertiary alicyclic amines) is 1. The van der Waals surface area contributed by atoms with Crippen LogP contribution in [0.1, 0.15) is 44.7 Å². The zero-order valence-corrected chi connectivity index (χ0v) is 17.6. The number of hydrogen-bond donors (Lipinski definition) is 0. The highest BCUT2D eigenvalue weighted by Gasteiger charge is 2.29. The summed E-state index contributed by atoms with van der Waals surface area (Å²) in [5.41, 5.74) is 1.29. The molecule has 1 fully saturated rings. The summed E-state index contributed by atoms with van der Waals surface area (Å²) >= 11 is 12.0. The van der Waals surface area contributed by atoms with E-state index >= 15 is 0 Å². The lowest BCUT2D eigenvalue weighted by Gasteiger charge is -2.31. The molecule has 156 valence electrons. The summed E-state index contributed by atoms with van der Waals surface area (Å²) in [5, 5.41) is 0.537. The van der Waals surface area contributed by atoms with Gasteiger partial charge in [-0.05, 0) is 48.7 Å². The first-order chi connectivity index (χ1) is 14.4. The van der Waals surface area contributed by atoms with Gasteiger partial charge in [0.15, 0.2) is 0 Å². The third kappa shape index (κ3) is 3.95. The zero-order valence-electron chi connectivity index (χ0n) is 16.1. The maximum Gasteiger partial charge on any atom is 0.344 e. The average Bonchev–Trinajstić information content (AvgIpc) is 3.03. The van der Waals surface area contributed by atoms with Crippen molar-refractivity contribution >= 4 is 46.9 Å². The number of halogens is 3. The van der Waals surface area contributed by atoms with Crippen LogP contribution in [0.25, 0.3) is 11.8 Å². The third-order valence-corrected chi connectivity index (χ3v) is 6.05. The molecule has 0 saturated carbocycles. The average molecular weight is 450 g/mol. The summed E-state index contributed by atoms with van der Waals surface area (Å²) in [6, 6.07) is 7.20. The third-order valence-electron chi connectivity index (χ3n) is 5.33. The molecule has 2 aliphatic heterocycles. The first-order valence-corrected chi connectivity index (χ1v) is 10.2. The summed E-state index contributed by atoms with van der Waals surface area (Å²) in [6.07, 6.45) is 3.11. The number of esters is 1. The molecular weight excluding hydrogens is 432 g/mol. The minimum Gasteiger partial charge on any atom is -0.422 e. The molecule has 2 aliphatic rings. The number of piperidine rings is 1. The van der Waals surface area contributed by atoms with Gasteiger partial charge in [0.2, 0.25) is 0 Å². The molecule has 2 heterocycles. The van der Waals surface area contributed by atoms with Crippen molar-refractivity contribution < 1.29 is 23.5 Å². The van der Waals surface area contributed by atoms with Crippen molar-refractivity contribution in [1.82, 2.24) is 4.90 Å². The van der Waals surface area contributed by atoms with Gasteiger partial charge in [-0.2, -0.15) is 0 Å². The van der Waals surface area contributed by atoms with Crippen LogP contribution < -0.4 is 0 Å². The Labute approximate surface area is 183 Å². The van der Waals surface area contributed by atoms with Crippen LogP contribution in [-0.4, -0.2) is 43.1 Å². The number of carbonyl (C=O) groups is 2. The van der Waals surface area contributed by atoms with E-state index in [1.54, 1.807) is 24.2 Å². The lowest BCUT2D eigenvalue weighted by Crippen LogP contribution is -2.40. The first-order valence-electron chi connectivity index (χ1n) is 9.42. The van der Waals surface area contributed by atoms with Gasteiger partial charge in [-0.3, -0.25) is 4.79 Å². The molecule has 0 radical (unpaired) electrons. The summed E-state index contributed by atoms with van der Waals surface area (Å²) in [4.78, 5) is 26.6. The van der Waals surface area contributed by atoms with Crippen molar-refractivity contribution in [3.63, 3.8) is 0 Å². The lowest BCUT2D eigenvalue weighted by molar-refractivity contribution is 0.0348. The van der Waals surface area contributed by atoms with E-state index in [4.69, 9.17) is 32.7 Å². The topological polar surface area (TPSA) is 55.8 Å². The molecule has 0 atom stereocenters. The maximum absolute atomic E-state index is 14.4. The Morgan fingerprint density at radius 2 is 1.83 bits per heavy atom. The fourth-order valence-electron chi connectivity index (χ4n) is 3.65. The van der Waals surface area contributed by atoms with Crippen molar-refractivity contribution in [2.24, 2.45) is 0 Å². The van der Waals surface area contributed by atoms with E-state index in [1.807, 2.05) is 0 Å². The van der Waals surface area contributed by atoms with E-state index in [0.29, 0.717) is 42.6 Å². The van der Waals surface area contributed by atoms with Crippen LogP contribution in [0.5, 0.6) is 0 Å². The minimum atomic E-state index is -0.602. The van der Waals surface area contributed by atoms with Crippen LogP contribution in [0.15, 0.2) is 30.3 Å². The second-order valence-corrected chi connectivity index (χ2v) is 7.99. The monoisotopic (exact) mass is 449 g/mol. The van der Waals surface area contributed by atoms with Gasteiger partial charge in [0.05, 0.1) is 27.3 Å². The van der Waals surface area contributed by atoms with Crippen LogP contribution >= 0.6 is 23.2 Å². The number of hydrogen-bond acceptors (Lipinski definition) is 4. The molecule has 0 aromatic heterocycles. The van der Waals surface area contributed by atoms with E-state index in [0.717, 1.165) is 0 Å². The Hall–Kier alpha value is -2.41. The van der Waals surface area contributed by atoms with Crippen LogP contribution in [0.3, 0.4) is 0 Å².